The standard InChI is InChI=1S/2C10H10F3N3OS.C9H8F3N3OS/c2*1-7(18(2,17)16-6-14)8-3-4-9(15-5-8)10(11,12)13;1-17(16,15-6-13)5-7-2-3-8(14-4-7)9(10,11)12/h2*3-5,7H,1-2H3;2-4H,5H2,1H3. The van der Waals surface area contributed by atoms with E-state index in [2.05, 4.69) is 28.0 Å². The van der Waals surface area contributed by atoms with Gasteiger partial charge in [-0.05, 0) is 48.7 Å². The molecule has 5 atom stereocenters. The predicted molar refractivity (Wildman–Crippen MR) is 175 cm³/mol. The number of rotatable bonds is 6. The number of alkyl halides is 9. The van der Waals surface area contributed by atoms with Gasteiger partial charge in [0.1, 0.15) is 17.1 Å². The van der Waals surface area contributed by atoms with Gasteiger partial charge in [-0.2, -0.15) is 55.3 Å². The maximum atomic E-state index is 12.3. The Morgan fingerprint density at radius 1 is 0.585 bits per heavy atom. The van der Waals surface area contributed by atoms with Crippen molar-refractivity contribution in [1.82, 2.24) is 15.0 Å². The van der Waals surface area contributed by atoms with E-state index in [-0.39, 0.29) is 5.75 Å². The van der Waals surface area contributed by atoms with E-state index in [9.17, 15) is 52.1 Å². The molecule has 288 valence electrons. The van der Waals surface area contributed by atoms with E-state index in [4.69, 9.17) is 15.8 Å². The minimum Gasteiger partial charge on any atom is -0.251 e. The molecule has 0 bridgehead atoms. The van der Waals surface area contributed by atoms with Crippen LogP contribution in [0.3, 0.4) is 0 Å². The van der Waals surface area contributed by atoms with E-state index in [1.807, 2.05) is 0 Å². The fraction of sp³-hybridized carbons (Fsp3) is 0.379. The zero-order valence-corrected chi connectivity index (χ0v) is 30.4. The van der Waals surface area contributed by atoms with Crippen molar-refractivity contribution in [2.45, 2.75) is 48.6 Å². The Hall–Kier alpha value is -4.86. The van der Waals surface area contributed by atoms with Gasteiger partial charge in [0.2, 0.25) is 18.6 Å². The average molecular weight is 818 g/mol. The van der Waals surface area contributed by atoms with Crippen LogP contribution < -0.4 is 0 Å². The molecule has 0 N–H and O–H groups in total. The molecule has 3 rings (SSSR count). The number of hydrogen-bond donors (Lipinski definition) is 0. The minimum absolute atomic E-state index is 0.105. The molecule has 0 fully saturated rings. The second-order valence-corrected chi connectivity index (χ2v) is 18.3. The Kier molecular flexibility index (Phi) is 15.9. The van der Waals surface area contributed by atoms with Crippen molar-refractivity contribution in [3.8, 4) is 18.6 Å². The van der Waals surface area contributed by atoms with E-state index in [0.29, 0.717) is 16.7 Å². The Labute approximate surface area is 299 Å². The largest absolute Gasteiger partial charge is 0.433 e. The third-order valence-corrected chi connectivity index (χ3v) is 12.0. The third kappa shape index (κ3) is 15.0. The summed E-state index contributed by atoms with van der Waals surface area (Å²) in [5, 5.41) is 23.7. The highest BCUT2D eigenvalue weighted by Gasteiger charge is 2.34. The first kappa shape index (κ1) is 46.2. The predicted octanol–water partition coefficient (Wildman–Crippen LogP) is 7.66. The van der Waals surface area contributed by atoms with Crippen LogP contribution in [0, 0.1) is 34.4 Å². The molecule has 0 aliphatic heterocycles. The van der Waals surface area contributed by atoms with Crippen LogP contribution in [0.15, 0.2) is 68.1 Å². The Bertz CT molecular complexity index is 2110. The lowest BCUT2D eigenvalue weighted by Gasteiger charge is -2.13. The molecule has 0 aliphatic carbocycles. The van der Waals surface area contributed by atoms with Gasteiger partial charge < -0.3 is 0 Å². The number of nitrogens with zero attached hydrogens (tertiary/aromatic N) is 9. The normalized spacial score (nSPS) is 15.9. The number of aromatic nitrogens is 3. The van der Waals surface area contributed by atoms with E-state index < -0.39 is 75.3 Å². The SMILES string of the molecule is CC(c1ccc(C(F)(F)F)nc1)S(C)(=O)=NC#N.CC(c1ccc(C(F)(F)F)nc1)S(C)(=O)=NC#N.CS(=O)(Cc1ccc(C(F)(F)F)nc1)=NC#N. The first-order chi connectivity index (χ1) is 24.1. The average Bonchev–Trinajstić information content (AvgIpc) is 3.03. The van der Waals surface area contributed by atoms with E-state index >= 15 is 0 Å². The van der Waals surface area contributed by atoms with Gasteiger partial charge in [0.05, 0.1) is 45.4 Å². The molecular formula is C29H28F9N9O3S3. The smallest absolute Gasteiger partial charge is 0.251 e. The summed E-state index contributed by atoms with van der Waals surface area (Å²) in [5.74, 6) is -0.105. The zero-order chi connectivity index (χ0) is 41.1. The molecule has 0 amide bonds. The van der Waals surface area contributed by atoms with E-state index in [1.165, 1.54) is 69.4 Å². The van der Waals surface area contributed by atoms with Gasteiger partial charge in [0.15, 0.2) is 0 Å². The van der Waals surface area contributed by atoms with Crippen LogP contribution in [0.25, 0.3) is 0 Å². The van der Waals surface area contributed by atoms with Gasteiger partial charge in [-0.15, -0.1) is 13.1 Å². The fourth-order valence-corrected chi connectivity index (χ4v) is 6.51. The summed E-state index contributed by atoms with van der Waals surface area (Å²) in [5.41, 5.74) is -2.02. The summed E-state index contributed by atoms with van der Waals surface area (Å²) < 4.78 is 156. The van der Waals surface area contributed by atoms with Crippen molar-refractivity contribution in [2.75, 3.05) is 18.8 Å². The highest BCUT2D eigenvalue weighted by atomic mass is 32.2. The molecule has 3 aromatic heterocycles. The molecule has 0 spiro atoms. The fourth-order valence-electron chi connectivity index (χ4n) is 3.56. The van der Waals surface area contributed by atoms with Crippen molar-refractivity contribution < 1.29 is 52.1 Å². The lowest BCUT2D eigenvalue weighted by Crippen LogP contribution is -2.11. The first-order valence-corrected chi connectivity index (χ1v) is 20.0. The van der Waals surface area contributed by atoms with E-state index in [1.54, 1.807) is 0 Å². The molecule has 24 heteroatoms. The topological polar surface area (TPSA) is 198 Å². The minimum atomic E-state index is -4.51. The summed E-state index contributed by atoms with van der Waals surface area (Å²) in [6.45, 7) is 3.04. The lowest BCUT2D eigenvalue weighted by atomic mass is 10.2. The maximum Gasteiger partial charge on any atom is 0.433 e. The van der Waals surface area contributed by atoms with Gasteiger partial charge in [-0.25, -0.2) is 12.6 Å². The van der Waals surface area contributed by atoms with Crippen LogP contribution >= 0.6 is 0 Å². The third-order valence-electron chi connectivity index (χ3n) is 6.63. The quantitative estimate of drug-likeness (QED) is 0.177. The van der Waals surface area contributed by atoms with Gasteiger partial charge >= 0.3 is 18.5 Å². The molecule has 0 radical (unpaired) electrons. The second kappa shape index (κ2) is 18.3. The highest BCUT2D eigenvalue weighted by Crippen LogP contribution is 2.31. The molecule has 3 heterocycles. The van der Waals surface area contributed by atoms with Crippen molar-refractivity contribution in [2.24, 2.45) is 13.1 Å². The van der Waals surface area contributed by atoms with Crippen molar-refractivity contribution in [3.63, 3.8) is 0 Å². The van der Waals surface area contributed by atoms with Crippen LogP contribution in [0.1, 0.15) is 58.1 Å². The molecular weight excluding hydrogens is 790 g/mol. The second-order valence-electron chi connectivity index (χ2n) is 10.7. The van der Waals surface area contributed by atoms with Crippen LogP contribution in [0.5, 0.6) is 0 Å². The Morgan fingerprint density at radius 3 is 1.15 bits per heavy atom. The monoisotopic (exact) mass is 817 g/mol. The summed E-state index contributed by atoms with van der Waals surface area (Å²) in [7, 11) is -8.38. The number of halogens is 9. The molecule has 0 saturated carbocycles. The zero-order valence-electron chi connectivity index (χ0n) is 27.9. The molecule has 53 heavy (non-hydrogen) atoms. The summed E-state index contributed by atoms with van der Waals surface area (Å²) in [6, 6.07) is 5.98. The molecule has 0 aromatic carbocycles. The lowest BCUT2D eigenvalue weighted by molar-refractivity contribution is -0.142. The molecule has 0 saturated heterocycles. The molecule has 0 aliphatic rings. The Morgan fingerprint density at radius 2 is 0.906 bits per heavy atom. The summed E-state index contributed by atoms with van der Waals surface area (Å²) in [6.07, 6.45) is -2.41. The number of hydrogen-bond acceptors (Lipinski definition) is 12. The first-order valence-electron chi connectivity index (χ1n) is 14.0. The number of nitriles is 3. The Balaban J connectivity index is 0.000000398. The molecule has 5 unspecified atom stereocenters. The van der Waals surface area contributed by atoms with Gasteiger partial charge in [-0.1, -0.05) is 18.2 Å². The van der Waals surface area contributed by atoms with Crippen LogP contribution in [-0.4, -0.2) is 46.3 Å². The van der Waals surface area contributed by atoms with Crippen molar-refractivity contribution in [1.29, 1.82) is 15.8 Å². The van der Waals surface area contributed by atoms with Crippen LogP contribution in [0.4, 0.5) is 39.5 Å². The molecule has 12 nitrogen and oxygen atoms in total. The van der Waals surface area contributed by atoms with E-state index in [0.717, 1.165) is 36.8 Å². The van der Waals surface area contributed by atoms with Gasteiger partial charge in [0, 0.05) is 37.4 Å². The number of pyridine rings is 3. The maximum absolute atomic E-state index is 12.3. The summed E-state index contributed by atoms with van der Waals surface area (Å²) in [4.78, 5) is 9.76. The highest BCUT2D eigenvalue weighted by molar-refractivity contribution is 7.93. The van der Waals surface area contributed by atoms with Crippen LogP contribution in [-0.2, 0) is 53.5 Å². The van der Waals surface area contributed by atoms with Crippen molar-refractivity contribution in [3.05, 3.63) is 88.8 Å². The van der Waals surface area contributed by atoms with Gasteiger partial charge in [-0.3, -0.25) is 15.0 Å². The van der Waals surface area contributed by atoms with Crippen molar-refractivity contribution >= 4 is 29.2 Å². The summed E-state index contributed by atoms with van der Waals surface area (Å²) >= 11 is 0. The van der Waals surface area contributed by atoms with Gasteiger partial charge in [0.25, 0.3) is 0 Å². The molecule has 3 aromatic rings. The van der Waals surface area contributed by atoms with Crippen LogP contribution in [0.2, 0.25) is 0 Å².